The first-order chi connectivity index (χ1) is 11.2. The van der Waals surface area contributed by atoms with E-state index < -0.39 is 0 Å². The molecule has 0 amide bonds. The van der Waals surface area contributed by atoms with Crippen molar-refractivity contribution in [2.75, 3.05) is 5.73 Å². The molecule has 0 saturated heterocycles. The van der Waals surface area contributed by atoms with Crippen molar-refractivity contribution in [1.29, 1.82) is 0 Å². The van der Waals surface area contributed by atoms with Crippen molar-refractivity contribution < 1.29 is 4.39 Å². The number of aromatic nitrogens is 2. The summed E-state index contributed by atoms with van der Waals surface area (Å²) < 4.78 is 14.2. The lowest BCUT2D eigenvalue weighted by molar-refractivity contribution is 0.588. The van der Waals surface area contributed by atoms with Gasteiger partial charge in [-0.2, -0.15) is 0 Å². The third-order valence-corrected chi connectivity index (χ3v) is 3.56. The van der Waals surface area contributed by atoms with Crippen LogP contribution >= 0.6 is 0 Å². The van der Waals surface area contributed by atoms with Gasteiger partial charge in [-0.05, 0) is 41.0 Å². The van der Waals surface area contributed by atoms with Crippen LogP contribution in [0.2, 0.25) is 0 Å². The number of halogens is 1. The molecule has 1 aromatic carbocycles. The first-order valence-corrected chi connectivity index (χ1v) is 7.32. The number of anilines is 1. The molecule has 0 atom stereocenters. The van der Waals surface area contributed by atoms with E-state index in [1.165, 1.54) is 0 Å². The molecule has 3 aromatic rings. The lowest BCUT2D eigenvalue weighted by Gasteiger charge is -2.08. The van der Waals surface area contributed by atoms with Crippen LogP contribution in [0.4, 0.5) is 10.2 Å². The third-order valence-electron chi connectivity index (χ3n) is 3.56. The van der Waals surface area contributed by atoms with Crippen LogP contribution in [0.15, 0.2) is 61.1 Å². The van der Waals surface area contributed by atoms with E-state index in [1.807, 2.05) is 24.3 Å². The molecule has 5 heteroatoms. The molecule has 3 rings (SSSR count). The van der Waals surface area contributed by atoms with Crippen LogP contribution in [0.5, 0.6) is 0 Å². The highest BCUT2D eigenvalue weighted by atomic mass is 19.1. The topological polar surface area (TPSA) is 63.8 Å². The predicted molar refractivity (Wildman–Crippen MR) is 88.8 cm³/mol. The molecule has 2 aromatic heterocycles. The number of pyridine rings is 2. The van der Waals surface area contributed by atoms with E-state index in [9.17, 15) is 4.39 Å². The predicted octanol–water partition coefficient (Wildman–Crippen LogP) is 3.15. The summed E-state index contributed by atoms with van der Waals surface area (Å²) in [4.78, 5) is 8.00. The van der Waals surface area contributed by atoms with E-state index in [2.05, 4.69) is 15.3 Å². The maximum Gasteiger partial charge on any atom is 0.128 e. The highest BCUT2D eigenvalue weighted by Gasteiger charge is 2.05. The standard InChI is InChI=1S/C18H17FN4/c19-17-9-15(14-5-7-21-8-6-14)2-3-16(17)12-22-10-13-1-4-18(20)23-11-13/h1-9,11,22H,10,12H2,(H2,20,23). The molecule has 0 fully saturated rings. The van der Waals surface area contributed by atoms with Gasteiger partial charge in [-0.1, -0.05) is 18.2 Å². The summed E-state index contributed by atoms with van der Waals surface area (Å²) in [6, 6.07) is 12.7. The first-order valence-electron chi connectivity index (χ1n) is 7.32. The average molecular weight is 308 g/mol. The lowest BCUT2D eigenvalue weighted by atomic mass is 10.0. The Kier molecular flexibility index (Phi) is 4.59. The van der Waals surface area contributed by atoms with Gasteiger partial charge < -0.3 is 11.1 Å². The van der Waals surface area contributed by atoms with E-state index in [0.717, 1.165) is 16.7 Å². The fourth-order valence-corrected chi connectivity index (χ4v) is 2.30. The molecule has 116 valence electrons. The summed E-state index contributed by atoms with van der Waals surface area (Å²) in [6.45, 7) is 1.06. The van der Waals surface area contributed by atoms with E-state index >= 15 is 0 Å². The van der Waals surface area contributed by atoms with Crippen molar-refractivity contribution >= 4 is 5.82 Å². The third kappa shape index (κ3) is 3.90. The zero-order valence-corrected chi connectivity index (χ0v) is 12.5. The van der Waals surface area contributed by atoms with Gasteiger partial charge in [-0.25, -0.2) is 9.37 Å². The minimum Gasteiger partial charge on any atom is -0.384 e. The molecule has 0 spiro atoms. The summed E-state index contributed by atoms with van der Waals surface area (Å²) in [6.07, 6.45) is 5.11. The number of hydrogen-bond donors (Lipinski definition) is 2. The van der Waals surface area contributed by atoms with Crippen molar-refractivity contribution in [3.05, 3.63) is 78.0 Å². The highest BCUT2D eigenvalue weighted by molar-refractivity contribution is 5.63. The Bertz CT molecular complexity index is 773. The number of nitrogens with one attached hydrogen (secondary N) is 1. The van der Waals surface area contributed by atoms with E-state index in [4.69, 9.17) is 5.73 Å². The van der Waals surface area contributed by atoms with Crippen molar-refractivity contribution in [2.45, 2.75) is 13.1 Å². The Balaban J connectivity index is 1.63. The van der Waals surface area contributed by atoms with Gasteiger partial charge >= 0.3 is 0 Å². The van der Waals surface area contributed by atoms with E-state index in [0.29, 0.717) is 24.5 Å². The van der Waals surface area contributed by atoms with Crippen LogP contribution in [-0.2, 0) is 13.1 Å². The van der Waals surface area contributed by atoms with E-state index in [-0.39, 0.29) is 5.82 Å². The maximum atomic E-state index is 14.2. The average Bonchev–Trinajstić information content (AvgIpc) is 2.59. The Morgan fingerprint density at radius 2 is 1.78 bits per heavy atom. The number of hydrogen-bond acceptors (Lipinski definition) is 4. The van der Waals surface area contributed by atoms with Crippen molar-refractivity contribution in [1.82, 2.24) is 15.3 Å². The smallest absolute Gasteiger partial charge is 0.128 e. The molecular formula is C18H17FN4. The second-order valence-electron chi connectivity index (χ2n) is 5.24. The second-order valence-corrected chi connectivity index (χ2v) is 5.24. The Morgan fingerprint density at radius 3 is 2.48 bits per heavy atom. The fraction of sp³-hybridized carbons (Fsp3) is 0.111. The molecule has 0 saturated carbocycles. The van der Waals surface area contributed by atoms with Gasteiger partial charge in [0.1, 0.15) is 11.6 Å². The molecule has 4 nitrogen and oxygen atoms in total. The molecule has 3 N–H and O–H groups in total. The molecule has 0 aliphatic heterocycles. The van der Waals surface area contributed by atoms with Gasteiger partial charge in [0.15, 0.2) is 0 Å². The molecule has 0 aliphatic carbocycles. The second kappa shape index (κ2) is 6.98. The minimum atomic E-state index is -0.220. The van der Waals surface area contributed by atoms with Gasteiger partial charge in [0, 0.05) is 37.2 Å². The molecule has 23 heavy (non-hydrogen) atoms. The number of nitrogen functional groups attached to an aromatic ring is 1. The fourth-order valence-electron chi connectivity index (χ4n) is 2.30. The molecule has 0 aliphatic rings. The number of nitrogens with zero attached hydrogens (tertiary/aromatic N) is 2. The molecule has 0 unspecified atom stereocenters. The van der Waals surface area contributed by atoms with Gasteiger partial charge in [0.2, 0.25) is 0 Å². The quantitative estimate of drug-likeness (QED) is 0.760. The van der Waals surface area contributed by atoms with Gasteiger partial charge in [0.25, 0.3) is 0 Å². The van der Waals surface area contributed by atoms with Gasteiger partial charge in [-0.15, -0.1) is 0 Å². The molecule has 2 heterocycles. The number of nitrogens with two attached hydrogens (primary N) is 1. The van der Waals surface area contributed by atoms with Crippen LogP contribution in [0.1, 0.15) is 11.1 Å². The summed E-state index contributed by atoms with van der Waals surface area (Å²) in [7, 11) is 0. The van der Waals surface area contributed by atoms with Crippen molar-refractivity contribution in [2.24, 2.45) is 0 Å². The van der Waals surface area contributed by atoms with Crippen molar-refractivity contribution in [3.63, 3.8) is 0 Å². The van der Waals surface area contributed by atoms with Crippen LogP contribution in [-0.4, -0.2) is 9.97 Å². The summed E-state index contributed by atoms with van der Waals surface area (Å²) >= 11 is 0. The van der Waals surface area contributed by atoms with Crippen molar-refractivity contribution in [3.8, 4) is 11.1 Å². The van der Waals surface area contributed by atoms with Crippen LogP contribution in [0, 0.1) is 5.82 Å². The summed E-state index contributed by atoms with van der Waals surface area (Å²) in [5, 5.41) is 3.21. The monoisotopic (exact) mass is 308 g/mol. The Morgan fingerprint density at radius 1 is 0.957 bits per heavy atom. The minimum absolute atomic E-state index is 0.220. The van der Waals surface area contributed by atoms with Gasteiger partial charge in [0.05, 0.1) is 0 Å². The SMILES string of the molecule is Nc1ccc(CNCc2ccc(-c3ccncc3)cc2F)cn1. The van der Waals surface area contributed by atoms with Crippen LogP contribution < -0.4 is 11.1 Å². The zero-order valence-electron chi connectivity index (χ0n) is 12.5. The molecule has 0 bridgehead atoms. The number of rotatable bonds is 5. The van der Waals surface area contributed by atoms with Crippen LogP contribution in [0.3, 0.4) is 0 Å². The van der Waals surface area contributed by atoms with Gasteiger partial charge in [-0.3, -0.25) is 4.98 Å². The molecular weight excluding hydrogens is 291 g/mol. The maximum absolute atomic E-state index is 14.2. The number of benzene rings is 1. The normalized spacial score (nSPS) is 10.7. The molecule has 0 radical (unpaired) electrons. The summed E-state index contributed by atoms with van der Waals surface area (Å²) in [5.74, 6) is 0.272. The lowest BCUT2D eigenvalue weighted by Crippen LogP contribution is -2.14. The largest absolute Gasteiger partial charge is 0.384 e. The van der Waals surface area contributed by atoms with Crippen LogP contribution in [0.25, 0.3) is 11.1 Å². The van der Waals surface area contributed by atoms with E-state index in [1.54, 1.807) is 36.8 Å². The summed E-state index contributed by atoms with van der Waals surface area (Å²) in [5.41, 5.74) is 8.98. The first kappa shape index (κ1) is 15.1. The zero-order chi connectivity index (χ0) is 16.1. The highest BCUT2D eigenvalue weighted by Crippen LogP contribution is 2.21. The Labute approximate surface area is 134 Å². The Hall–Kier alpha value is -2.79.